The van der Waals surface area contributed by atoms with Crippen molar-refractivity contribution in [2.75, 3.05) is 11.5 Å². The van der Waals surface area contributed by atoms with Gasteiger partial charge in [0.05, 0.1) is 5.75 Å². The SMILES string of the molecule is CCCS(=O)CC(NC(C)=O)C(=O)O. The Kier molecular flexibility index (Phi) is 6.11. The van der Waals surface area contributed by atoms with E-state index in [0.29, 0.717) is 5.75 Å². The summed E-state index contributed by atoms with van der Waals surface area (Å²) in [4.78, 5) is 21.3. The second-order valence-electron chi connectivity index (χ2n) is 2.90. The smallest absolute Gasteiger partial charge is 0.327 e. The molecule has 0 aliphatic rings. The van der Waals surface area contributed by atoms with Crippen LogP contribution < -0.4 is 5.32 Å². The van der Waals surface area contributed by atoms with Crippen LogP contribution in [-0.4, -0.2) is 38.7 Å². The molecule has 0 rings (SSSR count). The number of carbonyl (C=O) groups excluding carboxylic acids is 1. The Morgan fingerprint density at radius 1 is 1.50 bits per heavy atom. The van der Waals surface area contributed by atoms with Gasteiger partial charge in [0.25, 0.3) is 0 Å². The monoisotopic (exact) mass is 221 g/mol. The molecule has 0 aromatic heterocycles. The summed E-state index contributed by atoms with van der Waals surface area (Å²) >= 11 is 0. The van der Waals surface area contributed by atoms with Crippen LogP contribution in [0.4, 0.5) is 0 Å². The molecule has 0 aliphatic carbocycles. The van der Waals surface area contributed by atoms with Gasteiger partial charge in [-0.3, -0.25) is 9.00 Å². The highest BCUT2D eigenvalue weighted by molar-refractivity contribution is 7.85. The summed E-state index contributed by atoms with van der Waals surface area (Å²) < 4.78 is 11.2. The zero-order valence-corrected chi connectivity index (χ0v) is 9.10. The first-order chi connectivity index (χ1) is 6.47. The summed E-state index contributed by atoms with van der Waals surface area (Å²) in [7, 11) is -1.18. The van der Waals surface area contributed by atoms with Gasteiger partial charge in [-0.2, -0.15) is 0 Å². The molecular weight excluding hydrogens is 206 g/mol. The van der Waals surface area contributed by atoms with Gasteiger partial charge in [0, 0.05) is 23.5 Å². The number of nitrogens with one attached hydrogen (secondary N) is 1. The van der Waals surface area contributed by atoms with E-state index in [4.69, 9.17) is 5.11 Å². The van der Waals surface area contributed by atoms with Crippen molar-refractivity contribution >= 4 is 22.7 Å². The van der Waals surface area contributed by atoms with Crippen LogP contribution in [0.25, 0.3) is 0 Å². The second-order valence-corrected chi connectivity index (χ2v) is 4.52. The maximum absolute atomic E-state index is 11.2. The molecule has 82 valence electrons. The maximum Gasteiger partial charge on any atom is 0.327 e. The second kappa shape index (κ2) is 6.53. The van der Waals surface area contributed by atoms with Crippen molar-refractivity contribution in [3.8, 4) is 0 Å². The molecule has 2 atom stereocenters. The Morgan fingerprint density at radius 3 is 2.43 bits per heavy atom. The highest BCUT2D eigenvalue weighted by atomic mass is 32.2. The normalized spacial score (nSPS) is 14.4. The largest absolute Gasteiger partial charge is 0.480 e. The van der Waals surface area contributed by atoms with Gasteiger partial charge < -0.3 is 10.4 Å². The third kappa shape index (κ3) is 5.69. The minimum Gasteiger partial charge on any atom is -0.480 e. The molecule has 14 heavy (non-hydrogen) atoms. The molecule has 0 aromatic carbocycles. The van der Waals surface area contributed by atoms with E-state index in [-0.39, 0.29) is 5.75 Å². The number of rotatable bonds is 6. The fraction of sp³-hybridized carbons (Fsp3) is 0.750. The summed E-state index contributed by atoms with van der Waals surface area (Å²) in [5.74, 6) is -1.14. The zero-order valence-electron chi connectivity index (χ0n) is 8.28. The van der Waals surface area contributed by atoms with E-state index in [2.05, 4.69) is 5.32 Å². The maximum atomic E-state index is 11.2. The number of aliphatic carboxylic acids is 1. The Bertz CT molecular complexity index is 241. The van der Waals surface area contributed by atoms with E-state index in [9.17, 15) is 13.8 Å². The van der Waals surface area contributed by atoms with Gasteiger partial charge in [-0.15, -0.1) is 0 Å². The molecule has 5 nitrogen and oxygen atoms in total. The van der Waals surface area contributed by atoms with E-state index in [1.54, 1.807) is 0 Å². The van der Waals surface area contributed by atoms with Crippen molar-refractivity contribution < 1.29 is 18.9 Å². The van der Waals surface area contributed by atoms with Crippen LogP contribution in [0.3, 0.4) is 0 Å². The molecule has 0 saturated heterocycles. The minimum absolute atomic E-state index is 0.0250. The van der Waals surface area contributed by atoms with Crippen molar-refractivity contribution in [3.05, 3.63) is 0 Å². The Balaban J connectivity index is 4.16. The van der Waals surface area contributed by atoms with E-state index in [0.717, 1.165) is 6.42 Å². The van der Waals surface area contributed by atoms with Crippen LogP contribution >= 0.6 is 0 Å². The van der Waals surface area contributed by atoms with Gasteiger partial charge in [0.2, 0.25) is 5.91 Å². The molecular formula is C8H15NO4S. The summed E-state index contributed by atoms with van der Waals surface area (Å²) in [6.45, 7) is 3.10. The van der Waals surface area contributed by atoms with Crippen molar-refractivity contribution in [1.82, 2.24) is 5.32 Å². The minimum atomic E-state index is -1.18. The number of carbonyl (C=O) groups is 2. The quantitative estimate of drug-likeness (QED) is 0.647. The van der Waals surface area contributed by atoms with Gasteiger partial charge in [-0.05, 0) is 6.42 Å². The first kappa shape index (κ1) is 13.1. The molecule has 0 heterocycles. The Labute approximate surface area is 85.3 Å². The van der Waals surface area contributed by atoms with Crippen molar-refractivity contribution in [1.29, 1.82) is 0 Å². The van der Waals surface area contributed by atoms with Crippen molar-refractivity contribution in [3.63, 3.8) is 0 Å². The van der Waals surface area contributed by atoms with Crippen LogP contribution in [0, 0.1) is 0 Å². The third-order valence-corrected chi connectivity index (χ3v) is 3.03. The van der Waals surface area contributed by atoms with Crippen LogP contribution in [0.1, 0.15) is 20.3 Å². The molecule has 0 spiro atoms. The summed E-state index contributed by atoms with van der Waals surface area (Å²) in [6, 6.07) is -1.04. The average molecular weight is 221 g/mol. The van der Waals surface area contributed by atoms with Crippen LogP contribution in [0.5, 0.6) is 0 Å². The lowest BCUT2D eigenvalue weighted by atomic mass is 10.3. The van der Waals surface area contributed by atoms with Crippen LogP contribution in [0.2, 0.25) is 0 Å². The highest BCUT2D eigenvalue weighted by Crippen LogP contribution is 1.93. The Morgan fingerprint density at radius 2 is 2.07 bits per heavy atom. The molecule has 0 saturated carbocycles. The zero-order chi connectivity index (χ0) is 11.1. The van der Waals surface area contributed by atoms with E-state index in [1.165, 1.54) is 6.92 Å². The molecule has 0 aromatic rings. The Hall–Kier alpha value is -0.910. The van der Waals surface area contributed by atoms with Gasteiger partial charge in [-0.25, -0.2) is 4.79 Å². The molecule has 1 amide bonds. The standard InChI is InChI=1S/C8H15NO4S/c1-3-4-14(13)5-7(8(11)12)9-6(2)10/h7H,3-5H2,1-2H3,(H,9,10)(H,11,12). The number of carboxylic acid groups (broad SMARTS) is 1. The predicted molar refractivity (Wildman–Crippen MR) is 53.4 cm³/mol. The third-order valence-electron chi connectivity index (χ3n) is 1.46. The average Bonchev–Trinajstić information content (AvgIpc) is 2.02. The van der Waals surface area contributed by atoms with Crippen molar-refractivity contribution in [2.45, 2.75) is 26.3 Å². The fourth-order valence-corrected chi connectivity index (χ4v) is 2.14. The van der Waals surface area contributed by atoms with Crippen LogP contribution in [-0.2, 0) is 20.4 Å². The molecule has 6 heteroatoms. The number of carboxylic acids is 1. The number of hydrogen-bond donors (Lipinski definition) is 2. The highest BCUT2D eigenvalue weighted by Gasteiger charge is 2.20. The number of amides is 1. The van der Waals surface area contributed by atoms with E-state index < -0.39 is 28.7 Å². The molecule has 0 aliphatic heterocycles. The fourth-order valence-electron chi connectivity index (χ4n) is 0.917. The first-order valence-electron chi connectivity index (χ1n) is 4.32. The van der Waals surface area contributed by atoms with Gasteiger partial charge >= 0.3 is 5.97 Å². The molecule has 2 N–H and O–H groups in total. The molecule has 0 bridgehead atoms. The molecule has 0 radical (unpaired) electrons. The lowest BCUT2D eigenvalue weighted by molar-refractivity contribution is -0.140. The topological polar surface area (TPSA) is 83.5 Å². The summed E-state index contributed by atoms with van der Waals surface area (Å²) in [5.41, 5.74) is 0. The van der Waals surface area contributed by atoms with Crippen molar-refractivity contribution in [2.24, 2.45) is 0 Å². The predicted octanol–water partition coefficient (Wildman–Crippen LogP) is -0.266. The van der Waals surface area contributed by atoms with E-state index >= 15 is 0 Å². The lowest BCUT2D eigenvalue weighted by Crippen LogP contribution is -2.43. The summed E-state index contributed by atoms with van der Waals surface area (Å²) in [5, 5.41) is 10.9. The lowest BCUT2D eigenvalue weighted by Gasteiger charge is -2.12. The molecule has 2 unspecified atom stereocenters. The molecule has 0 fully saturated rings. The van der Waals surface area contributed by atoms with Gasteiger partial charge in [0.1, 0.15) is 6.04 Å². The van der Waals surface area contributed by atoms with Gasteiger partial charge in [0.15, 0.2) is 0 Å². The summed E-state index contributed by atoms with van der Waals surface area (Å²) in [6.07, 6.45) is 0.735. The number of hydrogen-bond acceptors (Lipinski definition) is 3. The van der Waals surface area contributed by atoms with Crippen LogP contribution in [0.15, 0.2) is 0 Å². The van der Waals surface area contributed by atoms with Gasteiger partial charge in [-0.1, -0.05) is 6.92 Å². The first-order valence-corrected chi connectivity index (χ1v) is 5.81. The van der Waals surface area contributed by atoms with E-state index in [1.807, 2.05) is 6.92 Å².